The molecule has 18 heavy (non-hydrogen) atoms. The van der Waals surface area contributed by atoms with Crippen molar-refractivity contribution < 1.29 is 13.6 Å². The zero-order valence-corrected chi connectivity index (χ0v) is 9.41. The Hall–Kier alpha value is -2.48. The third-order valence-corrected chi connectivity index (χ3v) is 2.03. The van der Waals surface area contributed by atoms with E-state index in [0.717, 1.165) is 24.3 Å². The van der Waals surface area contributed by atoms with Crippen LogP contribution in [0.2, 0.25) is 0 Å². The van der Waals surface area contributed by atoms with Crippen LogP contribution in [0, 0.1) is 23.0 Å². The molecule has 1 aromatic rings. The predicted octanol–water partition coefficient (Wildman–Crippen LogP) is 2.17. The molecule has 3 nitrogen and oxygen atoms in total. The normalized spacial score (nSPS) is 10.6. The van der Waals surface area contributed by atoms with Crippen LogP contribution in [0.25, 0.3) is 6.08 Å². The van der Waals surface area contributed by atoms with Crippen molar-refractivity contribution in [1.29, 1.82) is 5.26 Å². The summed E-state index contributed by atoms with van der Waals surface area (Å²) in [6, 6.07) is 4.42. The van der Waals surface area contributed by atoms with Crippen LogP contribution in [0.4, 0.5) is 8.78 Å². The van der Waals surface area contributed by atoms with Gasteiger partial charge in [-0.25, -0.2) is 8.78 Å². The number of nitriles is 1. The Kier molecular flexibility index (Phi) is 4.76. The van der Waals surface area contributed by atoms with Crippen molar-refractivity contribution in [2.75, 3.05) is 6.54 Å². The standard InChI is InChI=1S/C13H10F2N2O/c1-2-5-17-13(18)10(8-16)6-9-7-11(14)3-4-12(9)15/h2-4,6-7H,1,5H2,(H,17,18). The molecule has 0 unspecified atom stereocenters. The van der Waals surface area contributed by atoms with Crippen LogP contribution in [-0.2, 0) is 4.79 Å². The molecule has 0 aromatic heterocycles. The average molecular weight is 248 g/mol. The fourth-order valence-electron chi connectivity index (χ4n) is 1.19. The van der Waals surface area contributed by atoms with Crippen molar-refractivity contribution in [3.63, 3.8) is 0 Å². The molecule has 0 aliphatic carbocycles. The Morgan fingerprint density at radius 3 is 2.83 bits per heavy atom. The first kappa shape index (κ1) is 13.6. The van der Waals surface area contributed by atoms with Gasteiger partial charge < -0.3 is 5.32 Å². The van der Waals surface area contributed by atoms with Crippen molar-refractivity contribution in [3.05, 3.63) is 53.6 Å². The average Bonchev–Trinajstić information content (AvgIpc) is 2.36. The lowest BCUT2D eigenvalue weighted by Crippen LogP contribution is -2.24. The molecule has 1 aromatic carbocycles. The number of hydrogen-bond donors (Lipinski definition) is 1. The molecular formula is C13H10F2N2O. The minimum atomic E-state index is -0.708. The van der Waals surface area contributed by atoms with E-state index in [0.29, 0.717) is 0 Å². The lowest BCUT2D eigenvalue weighted by atomic mass is 10.1. The van der Waals surface area contributed by atoms with Gasteiger partial charge in [-0.3, -0.25) is 4.79 Å². The molecule has 0 aliphatic heterocycles. The summed E-state index contributed by atoms with van der Waals surface area (Å²) in [4.78, 5) is 11.5. The Morgan fingerprint density at radius 2 is 2.22 bits per heavy atom. The summed E-state index contributed by atoms with van der Waals surface area (Å²) in [6.45, 7) is 3.58. The van der Waals surface area contributed by atoms with Gasteiger partial charge in [-0.15, -0.1) is 6.58 Å². The van der Waals surface area contributed by atoms with Gasteiger partial charge in [-0.05, 0) is 24.3 Å². The summed E-state index contributed by atoms with van der Waals surface area (Å²) in [5.74, 6) is -2.02. The molecule has 1 rings (SSSR count). The molecule has 0 spiro atoms. The highest BCUT2D eigenvalue weighted by atomic mass is 19.1. The molecule has 0 atom stereocenters. The second kappa shape index (κ2) is 6.30. The topological polar surface area (TPSA) is 52.9 Å². The number of rotatable bonds is 4. The molecule has 0 bridgehead atoms. The highest BCUT2D eigenvalue weighted by Crippen LogP contribution is 2.13. The van der Waals surface area contributed by atoms with Crippen LogP contribution in [0.3, 0.4) is 0 Å². The number of carbonyl (C=O) groups excluding carboxylic acids is 1. The molecule has 1 N–H and O–H groups in total. The largest absolute Gasteiger partial charge is 0.348 e. The van der Waals surface area contributed by atoms with Crippen LogP contribution in [0.15, 0.2) is 36.4 Å². The van der Waals surface area contributed by atoms with Crippen LogP contribution >= 0.6 is 0 Å². The van der Waals surface area contributed by atoms with Crippen molar-refractivity contribution in [1.82, 2.24) is 5.32 Å². The molecule has 0 radical (unpaired) electrons. The van der Waals surface area contributed by atoms with Gasteiger partial charge in [0.25, 0.3) is 5.91 Å². The van der Waals surface area contributed by atoms with E-state index in [2.05, 4.69) is 11.9 Å². The van der Waals surface area contributed by atoms with Gasteiger partial charge in [0.05, 0.1) is 0 Å². The lowest BCUT2D eigenvalue weighted by molar-refractivity contribution is -0.116. The number of nitrogens with zero attached hydrogens (tertiary/aromatic N) is 1. The predicted molar refractivity (Wildman–Crippen MR) is 63.2 cm³/mol. The highest BCUT2D eigenvalue weighted by Gasteiger charge is 2.09. The van der Waals surface area contributed by atoms with Gasteiger partial charge in [-0.2, -0.15) is 5.26 Å². The first-order valence-electron chi connectivity index (χ1n) is 5.04. The molecule has 0 fully saturated rings. The second-order valence-corrected chi connectivity index (χ2v) is 3.33. The highest BCUT2D eigenvalue weighted by molar-refractivity contribution is 6.01. The van der Waals surface area contributed by atoms with Crippen molar-refractivity contribution in [3.8, 4) is 6.07 Å². The van der Waals surface area contributed by atoms with E-state index in [1.54, 1.807) is 6.07 Å². The van der Waals surface area contributed by atoms with Gasteiger partial charge >= 0.3 is 0 Å². The smallest absolute Gasteiger partial charge is 0.262 e. The number of benzene rings is 1. The van der Waals surface area contributed by atoms with E-state index in [4.69, 9.17) is 5.26 Å². The number of carbonyl (C=O) groups is 1. The van der Waals surface area contributed by atoms with Crippen LogP contribution in [0.1, 0.15) is 5.56 Å². The van der Waals surface area contributed by atoms with E-state index in [9.17, 15) is 13.6 Å². The number of hydrogen-bond acceptors (Lipinski definition) is 2. The van der Waals surface area contributed by atoms with E-state index in [-0.39, 0.29) is 17.7 Å². The lowest BCUT2D eigenvalue weighted by Gasteiger charge is -2.01. The van der Waals surface area contributed by atoms with Gasteiger partial charge in [0.1, 0.15) is 23.3 Å². The summed E-state index contributed by atoms with van der Waals surface area (Å²) in [6.07, 6.45) is 2.44. The molecule has 92 valence electrons. The molecule has 0 aliphatic rings. The molecule has 5 heteroatoms. The van der Waals surface area contributed by atoms with E-state index in [1.807, 2.05) is 0 Å². The Morgan fingerprint density at radius 1 is 1.50 bits per heavy atom. The Bertz CT molecular complexity index is 544. The summed E-state index contributed by atoms with van der Waals surface area (Å²) >= 11 is 0. The van der Waals surface area contributed by atoms with E-state index >= 15 is 0 Å². The third kappa shape index (κ3) is 3.52. The first-order valence-corrected chi connectivity index (χ1v) is 5.04. The van der Waals surface area contributed by atoms with Crippen molar-refractivity contribution >= 4 is 12.0 Å². The zero-order chi connectivity index (χ0) is 13.5. The summed E-state index contributed by atoms with van der Waals surface area (Å²) in [5.41, 5.74) is -0.457. The molecule has 0 saturated carbocycles. The summed E-state index contributed by atoms with van der Waals surface area (Å²) in [5, 5.41) is 11.2. The van der Waals surface area contributed by atoms with Crippen LogP contribution in [0.5, 0.6) is 0 Å². The van der Waals surface area contributed by atoms with Gasteiger partial charge in [0.15, 0.2) is 0 Å². The maximum atomic E-state index is 13.3. The van der Waals surface area contributed by atoms with Gasteiger partial charge in [0, 0.05) is 12.1 Å². The number of halogens is 2. The van der Waals surface area contributed by atoms with Gasteiger partial charge in [-0.1, -0.05) is 6.08 Å². The molecule has 0 heterocycles. The van der Waals surface area contributed by atoms with E-state index in [1.165, 1.54) is 6.08 Å². The van der Waals surface area contributed by atoms with Crippen molar-refractivity contribution in [2.45, 2.75) is 0 Å². The maximum absolute atomic E-state index is 13.3. The van der Waals surface area contributed by atoms with E-state index < -0.39 is 17.5 Å². The van der Waals surface area contributed by atoms with Crippen LogP contribution in [-0.4, -0.2) is 12.5 Å². The maximum Gasteiger partial charge on any atom is 0.262 e. The van der Waals surface area contributed by atoms with Crippen LogP contribution < -0.4 is 5.32 Å². The zero-order valence-electron chi connectivity index (χ0n) is 9.41. The van der Waals surface area contributed by atoms with Gasteiger partial charge in [0.2, 0.25) is 0 Å². The monoisotopic (exact) mass is 248 g/mol. The Labute approximate surface area is 103 Å². The number of amides is 1. The number of nitrogens with one attached hydrogen (secondary N) is 1. The minimum Gasteiger partial charge on any atom is -0.348 e. The molecule has 0 saturated heterocycles. The molecular weight excluding hydrogens is 238 g/mol. The summed E-state index contributed by atoms with van der Waals surface area (Å²) in [7, 11) is 0. The SMILES string of the molecule is C=CCNC(=O)C(C#N)=Cc1cc(F)ccc1F. The second-order valence-electron chi connectivity index (χ2n) is 3.33. The Balaban J connectivity index is 3.04. The first-order chi connectivity index (χ1) is 8.58. The fraction of sp³-hybridized carbons (Fsp3) is 0.0769. The quantitative estimate of drug-likeness (QED) is 0.504. The fourth-order valence-corrected chi connectivity index (χ4v) is 1.19. The minimum absolute atomic E-state index is 0.152. The summed E-state index contributed by atoms with van der Waals surface area (Å²) < 4.78 is 26.2. The third-order valence-electron chi connectivity index (χ3n) is 2.03. The molecule has 1 amide bonds. The van der Waals surface area contributed by atoms with Crippen molar-refractivity contribution in [2.24, 2.45) is 0 Å².